The van der Waals surface area contributed by atoms with Crippen LogP contribution in [0.4, 0.5) is 0 Å². The fraction of sp³-hybridized carbons (Fsp3) is 0.200. The van der Waals surface area contributed by atoms with Crippen LogP contribution in [0.25, 0.3) is 11.0 Å². The van der Waals surface area contributed by atoms with Crippen LogP contribution >= 0.6 is 0 Å². The van der Waals surface area contributed by atoms with Crippen molar-refractivity contribution in [1.29, 1.82) is 0 Å². The Bertz CT molecular complexity index is 1160. The maximum Gasteiger partial charge on any atom is 0.255 e. The second kappa shape index (κ2) is 8.82. The average molecular weight is 399 g/mol. The first-order valence-corrected chi connectivity index (χ1v) is 10.1. The Labute approximate surface area is 176 Å². The van der Waals surface area contributed by atoms with E-state index < -0.39 is 0 Å². The van der Waals surface area contributed by atoms with Crippen molar-refractivity contribution >= 4 is 16.9 Å². The lowest BCUT2D eigenvalue weighted by atomic mass is 10.1. The molecule has 1 amide bonds. The number of nitrogens with zero attached hydrogens (tertiary/aromatic N) is 2. The van der Waals surface area contributed by atoms with Crippen molar-refractivity contribution in [3.8, 4) is 5.75 Å². The van der Waals surface area contributed by atoms with Crippen molar-refractivity contribution in [2.75, 3.05) is 13.7 Å². The number of para-hydroxylation sites is 3. The molecule has 152 valence electrons. The molecule has 0 fully saturated rings. The summed E-state index contributed by atoms with van der Waals surface area (Å²) in [6.45, 7) is 3.33. The van der Waals surface area contributed by atoms with E-state index in [1.807, 2.05) is 30.3 Å². The highest BCUT2D eigenvalue weighted by atomic mass is 16.5. The molecule has 0 bridgehead atoms. The lowest BCUT2D eigenvalue weighted by Gasteiger charge is -2.11. The van der Waals surface area contributed by atoms with Crippen LogP contribution in [0.5, 0.6) is 5.75 Å². The van der Waals surface area contributed by atoms with Crippen LogP contribution in [0.1, 0.15) is 27.3 Å². The molecule has 3 aromatic carbocycles. The summed E-state index contributed by atoms with van der Waals surface area (Å²) in [6.07, 6.45) is 0.640. The van der Waals surface area contributed by atoms with Crippen molar-refractivity contribution < 1.29 is 9.53 Å². The maximum absolute atomic E-state index is 12.6. The number of hydrogen-bond donors (Lipinski definition) is 1. The zero-order valence-corrected chi connectivity index (χ0v) is 17.3. The van der Waals surface area contributed by atoms with Gasteiger partial charge in [0.2, 0.25) is 0 Å². The molecule has 5 nitrogen and oxygen atoms in total. The molecular weight excluding hydrogens is 374 g/mol. The highest BCUT2D eigenvalue weighted by Gasteiger charge is 2.14. The Hall–Kier alpha value is -3.60. The van der Waals surface area contributed by atoms with Crippen LogP contribution in [-0.2, 0) is 13.0 Å². The fourth-order valence-electron chi connectivity index (χ4n) is 3.58. The van der Waals surface area contributed by atoms with Gasteiger partial charge in [0.25, 0.3) is 5.91 Å². The van der Waals surface area contributed by atoms with Crippen LogP contribution in [0, 0.1) is 6.92 Å². The monoisotopic (exact) mass is 399 g/mol. The first-order valence-electron chi connectivity index (χ1n) is 10.1. The molecule has 0 aliphatic carbocycles. The predicted octanol–water partition coefficient (Wildman–Crippen LogP) is 4.37. The second-order valence-corrected chi connectivity index (χ2v) is 7.29. The van der Waals surface area contributed by atoms with E-state index in [9.17, 15) is 4.79 Å². The van der Waals surface area contributed by atoms with E-state index in [1.54, 1.807) is 19.2 Å². The fourth-order valence-corrected chi connectivity index (χ4v) is 3.58. The lowest BCUT2D eigenvalue weighted by Crippen LogP contribution is -2.27. The van der Waals surface area contributed by atoms with E-state index >= 15 is 0 Å². The van der Waals surface area contributed by atoms with Crippen LogP contribution in [0.15, 0.2) is 72.8 Å². The quantitative estimate of drug-likeness (QED) is 0.502. The zero-order chi connectivity index (χ0) is 20.9. The number of aromatic nitrogens is 2. The van der Waals surface area contributed by atoms with Gasteiger partial charge in [-0.2, -0.15) is 0 Å². The molecule has 1 heterocycles. The lowest BCUT2D eigenvalue weighted by molar-refractivity contribution is 0.0951. The molecule has 0 aliphatic rings. The van der Waals surface area contributed by atoms with Gasteiger partial charge in [-0.15, -0.1) is 0 Å². The summed E-state index contributed by atoms with van der Waals surface area (Å²) in [5, 5.41) is 2.99. The van der Waals surface area contributed by atoms with Gasteiger partial charge in [0, 0.05) is 19.5 Å². The van der Waals surface area contributed by atoms with Gasteiger partial charge in [0.05, 0.1) is 23.7 Å². The van der Waals surface area contributed by atoms with Crippen LogP contribution in [-0.4, -0.2) is 29.1 Å². The molecule has 0 unspecified atom stereocenters. The number of aryl methyl sites for hydroxylation is 1. The van der Waals surface area contributed by atoms with Crippen LogP contribution in [0.3, 0.4) is 0 Å². The smallest absolute Gasteiger partial charge is 0.255 e. The molecule has 0 atom stereocenters. The Morgan fingerprint density at radius 1 is 1.00 bits per heavy atom. The highest BCUT2D eigenvalue weighted by Crippen LogP contribution is 2.19. The van der Waals surface area contributed by atoms with Crippen molar-refractivity contribution in [3.05, 3.63) is 95.3 Å². The largest absolute Gasteiger partial charge is 0.496 e. The van der Waals surface area contributed by atoms with Gasteiger partial charge in [-0.3, -0.25) is 4.79 Å². The molecule has 30 heavy (non-hydrogen) atoms. The first kappa shape index (κ1) is 19.7. The Balaban J connectivity index is 1.52. The molecule has 0 radical (unpaired) electrons. The first-order chi connectivity index (χ1) is 14.7. The number of nitrogens with one attached hydrogen (secondary N) is 1. The number of fused-ring (bicyclic) bond motifs is 1. The number of carbonyl (C=O) groups is 1. The molecule has 0 saturated heterocycles. The predicted molar refractivity (Wildman–Crippen MR) is 119 cm³/mol. The molecule has 4 aromatic rings. The van der Waals surface area contributed by atoms with E-state index in [0.717, 1.165) is 23.4 Å². The molecule has 4 rings (SSSR count). The molecule has 1 aromatic heterocycles. The molecular formula is C25H25N3O2. The topological polar surface area (TPSA) is 56.1 Å². The van der Waals surface area contributed by atoms with E-state index in [1.165, 1.54) is 11.1 Å². The number of rotatable bonds is 7. The minimum absolute atomic E-state index is 0.145. The number of hydrogen-bond acceptors (Lipinski definition) is 3. The van der Waals surface area contributed by atoms with Gasteiger partial charge in [0.1, 0.15) is 11.6 Å². The van der Waals surface area contributed by atoms with Gasteiger partial charge < -0.3 is 14.6 Å². The second-order valence-electron chi connectivity index (χ2n) is 7.29. The summed E-state index contributed by atoms with van der Waals surface area (Å²) >= 11 is 0. The van der Waals surface area contributed by atoms with Gasteiger partial charge >= 0.3 is 0 Å². The van der Waals surface area contributed by atoms with E-state index in [0.29, 0.717) is 24.3 Å². The Morgan fingerprint density at radius 3 is 2.53 bits per heavy atom. The molecule has 0 saturated carbocycles. The van der Waals surface area contributed by atoms with E-state index in [2.05, 4.69) is 47.1 Å². The third-order valence-corrected chi connectivity index (χ3v) is 5.18. The summed E-state index contributed by atoms with van der Waals surface area (Å²) in [7, 11) is 1.57. The Morgan fingerprint density at radius 2 is 1.73 bits per heavy atom. The number of ether oxygens (including phenoxy) is 1. The number of imidazole rings is 1. The van der Waals surface area contributed by atoms with Gasteiger partial charge in [0.15, 0.2) is 0 Å². The summed E-state index contributed by atoms with van der Waals surface area (Å²) in [5.41, 5.74) is 5.07. The Kier molecular flexibility index (Phi) is 5.80. The standard InChI is InChI=1S/C25H25N3O2/c1-18-11-13-19(14-12-18)17-28-22-9-5-4-8-21(22)27-24(28)15-16-26-25(29)20-7-3-6-10-23(20)30-2/h3-14H,15-17H2,1-2H3,(H,26,29). The van der Waals surface area contributed by atoms with Crippen molar-refractivity contribution in [1.82, 2.24) is 14.9 Å². The maximum atomic E-state index is 12.6. The van der Waals surface area contributed by atoms with Crippen LogP contribution in [0.2, 0.25) is 0 Å². The van der Waals surface area contributed by atoms with Crippen LogP contribution < -0.4 is 10.1 Å². The third kappa shape index (κ3) is 4.20. The molecule has 5 heteroatoms. The van der Waals surface area contributed by atoms with Gasteiger partial charge in [-0.05, 0) is 36.8 Å². The van der Waals surface area contributed by atoms with Crippen molar-refractivity contribution in [3.63, 3.8) is 0 Å². The summed E-state index contributed by atoms with van der Waals surface area (Å²) in [5.74, 6) is 1.38. The third-order valence-electron chi connectivity index (χ3n) is 5.18. The van der Waals surface area contributed by atoms with Gasteiger partial charge in [-0.25, -0.2) is 4.98 Å². The van der Waals surface area contributed by atoms with E-state index in [-0.39, 0.29) is 5.91 Å². The molecule has 0 spiro atoms. The number of methoxy groups -OCH3 is 1. The molecule has 1 N–H and O–H groups in total. The van der Waals surface area contributed by atoms with Gasteiger partial charge in [-0.1, -0.05) is 54.1 Å². The normalized spacial score (nSPS) is 10.9. The van der Waals surface area contributed by atoms with Crippen molar-refractivity contribution in [2.45, 2.75) is 19.9 Å². The van der Waals surface area contributed by atoms with Crippen molar-refractivity contribution in [2.24, 2.45) is 0 Å². The number of amides is 1. The summed E-state index contributed by atoms with van der Waals surface area (Å²) < 4.78 is 7.52. The number of carbonyl (C=O) groups excluding carboxylic acids is 1. The zero-order valence-electron chi connectivity index (χ0n) is 17.3. The average Bonchev–Trinajstić information content (AvgIpc) is 3.12. The minimum atomic E-state index is -0.145. The SMILES string of the molecule is COc1ccccc1C(=O)NCCc1nc2ccccc2n1Cc1ccc(C)cc1. The summed E-state index contributed by atoms with van der Waals surface area (Å²) in [6, 6.07) is 23.9. The molecule has 0 aliphatic heterocycles. The van der Waals surface area contributed by atoms with E-state index in [4.69, 9.17) is 9.72 Å². The highest BCUT2D eigenvalue weighted by molar-refractivity contribution is 5.96. The summed E-state index contributed by atoms with van der Waals surface area (Å²) in [4.78, 5) is 17.4. The minimum Gasteiger partial charge on any atom is -0.496 e. The number of benzene rings is 3.